The number of alkyl halides is 3. The Bertz CT molecular complexity index is 491. The Morgan fingerprint density at radius 1 is 1.17 bits per heavy atom. The molecule has 0 aromatic heterocycles. The van der Waals surface area contributed by atoms with Crippen LogP contribution in [0.1, 0.15) is 43.4 Å². The second-order valence-electron chi connectivity index (χ2n) is 5.68. The Morgan fingerprint density at radius 2 is 1.79 bits per heavy atom. The van der Waals surface area contributed by atoms with E-state index >= 15 is 0 Å². The summed E-state index contributed by atoms with van der Waals surface area (Å²) in [4.78, 5) is 2.19. The smallest absolute Gasteiger partial charge is 0.314 e. The number of nitrogens with zero attached hydrogens (tertiary/aromatic N) is 1. The van der Waals surface area contributed by atoms with E-state index in [4.69, 9.17) is 0 Å². The Kier molecular flexibility index (Phi) is 10.2. The van der Waals surface area contributed by atoms with Crippen LogP contribution in [0.2, 0.25) is 0 Å². The van der Waals surface area contributed by atoms with Crippen LogP contribution in [0, 0.1) is 5.82 Å². The standard InChI is InChI=1S/C16H22F4N2.2ClH/c1-2-3-4-15(22-9-7-21-8-10-22)12-5-6-14(17)13(11-12)16(18,19)20;;/h5-6,11,15,21H,2-4,7-10H2,1H3;2*1H/t15-;;/m1../s1. The Labute approximate surface area is 152 Å². The molecule has 0 bridgehead atoms. The second kappa shape index (κ2) is 10.4. The van der Waals surface area contributed by atoms with E-state index in [1.54, 1.807) is 0 Å². The molecule has 1 aliphatic rings. The summed E-state index contributed by atoms with van der Waals surface area (Å²) in [5, 5.41) is 3.24. The number of hydrogen-bond acceptors (Lipinski definition) is 2. The van der Waals surface area contributed by atoms with Crippen LogP contribution in [0.4, 0.5) is 17.6 Å². The molecule has 1 atom stereocenters. The molecule has 140 valence electrons. The lowest BCUT2D eigenvalue weighted by Crippen LogP contribution is -2.45. The van der Waals surface area contributed by atoms with Crippen molar-refractivity contribution >= 4 is 24.8 Å². The van der Waals surface area contributed by atoms with E-state index in [0.29, 0.717) is 5.56 Å². The van der Waals surface area contributed by atoms with Gasteiger partial charge in [0.05, 0.1) is 5.56 Å². The molecule has 1 N–H and O–H groups in total. The predicted molar refractivity (Wildman–Crippen MR) is 92.6 cm³/mol. The van der Waals surface area contributed by atoms with Crippen molar-refractivity contribution in [1.82, 2.24) is 10.2 Å². The third-order valence-electron chi connectivity index (χ3n) is 4.10. The number of nitrogens with one attached hydrogen (secondary N) is 1. The molecule has 1 heterocycles. The fraction of sp³-hybridized carbons (Fsp3) is 0.625. The molecule has 0 saturated carbocycles. The van der Waals surface area contributed by atoms with E-state index in [1.807, 2.05) is 0 Å². The van der Waals surface area contributed by atoms with Crippen molar-refractivity contribution in [2.45, 2.75) is 38.4 Å². The molecule has 0 unspecified atom stereocenters. The summed E-state index contributed by atoms with van der Waals surface area (Å²) in [5.41, 5.74) is -0.606. The Hall–Kier alpha value is -0.560. The quantitative estimate of drug-likeness (QED) is 0.724. The van der Waals surface area contributed by atoms with Gasteiger partial charge in [-0.3, -0.25) is 4.90 Å². The minimum Gasteiger partial charge on any atom is -0.314 e. The van der Waals surface area contributed by atoms with Crippen LogP contribution in [-0.2, 0) is 6.18 Å². The largest absolute Gasteiger partial charge is 0.419 e. The maximum Gasteiger partial charge on any atom is 0.419 e. The summed E-state index contributed by atoms with van der Waals surface area (Å²) in [5.74, 6) is -1.20. The van der Waals surface area contributed by atoms with Crippen molar-refractivity contribution in [2.75, 3.05) is 26.2 Å². The van der Waals surface area contributed by atoms with Gasteiger partial charge in [0.15, 0.2) is 0 Å². The van der Waals surface area contributed by atoms with Gasteiger partial charge >= 0.3 is 6.18 Å². The zero-order valence-corrected chi connectivity index (χ0v) is 15.2. The summed E-state index contributed by atoms with van der Waals surface area (Å²) in [6, 6.07) is 3.34. The normalized spacial score (nSPS) is 16.9. The fourth-order valence-corrected chi connectivity index (χ4v) is 2.92. The fourth-order valence-electron chi connectivity index (χ4n) is 2.92. The molecule has 8 heteroatoms. The zero-order valence-electron chi connectivity index (χ0n) is 13.5. The van der Waals surface area contributed by atoms with Gasteiger partial charge in [0, 0.05) is 32.2 Å². The van der Waals surface area contributed by atoms with Gasteiger partial charge in [0.25, 0.3) is 0 Å². The first kappa shape index (κ1) is 23.4. The maximum atomic E-state index is 13.5. The first-order valence-electron chi connectivity index (χ1n) is 7.75. The van der Waals surface area contributed by atoms with Gasteiger partial charge in [-0.25, -0.2) is 4.39 Å². The first-order chi connectivity index (χ1) is 10.4. The topological polar surface area (TPSA) is 15.3 Å². The van der Waals surface area contributed by atoms with Crippen LogP contribution < -0.4 is 5.32 Å². The molecular formula is C16H24Cl2F4N2. The van der Waals surface area contributed by atoms with Crippen LogP contribution in [0.3, 0.4) is 0 Å². The van der Waals surface area contributed by atoms with E-state index in [1.165, 1.54) is 6.07 Å². The van der Waals surface area contributed by atoms with Crippen LogP contribution in [0.25, 0.3) is 0 Å². The summed E-state index contributed by atoms with van der Waals surface area (Å²) in [6.45, 7) is 5.31. The van der Waals surface area contributed by atoms with Gasteiger partial charge in [-0.05, 0) is 24.1 Å². The molecule has 0 amide bonds. The van der Waals surface area contributed by atoms with Crippen LogP contribution in [0.15, 0.2) is 18.2 Å². The molecule has 1 aromatic carbocycles. The van der Waals surface area contributed by atoms with Crippen molar-refractivity contribution in [3.63, 3.8) is 0 Å². The van der Waals surface area contributed by atoms with Gasteiger partial charge < -0.3 is 5.32 Å². The number of halogens is 6. The number of rotatable bonds is 5. The number of hydrogen-bond donors (Lipinski definition) is 1. The molecule has 24 heavy (non-hydrogen) atoms. The molecular weight excluding hydrogens is 367 g/mol. The molecule has 2 nitrogen and oxygen atoms in total. The van der Waals surface area contributed by atoms with E-state index in [9.17, 15) is 17.6 Å². The Morgan fingerprint density at radius 3 is 2.33 bits per heavy atom. The minimum absolute atomic E-state index is 0. The third kappa shape index (κ3) is 6.06. The molecule has 1 aromatic rings. The van der Waals surface area contributed by atoms with Crippen LogP contribution in [0.5, 0.6) is 0 Å². The zero-order chi connectivity index (χ0) is 16.2. The summed E-state index contributed by atoms with van der Waals surface area (Å²) < 4.78 is 52.2. The molecule has 0 spiro atoms. The highest BCUT2D eigenvalue weighted by Crippen LogP contribution is 2.35. The van der Waals surface area contributed by atoms with E-state index in [2.05, 4.69) is 17.1 Å². The average molecular weight is 391 g/mol. The van der Waals surface area contributed by atoms with Gasteiger partial charge in [0.1, 0.15) is 5.82 Å². The third-order valence-corrected chi connectivity index (χ3v) is 4.10. The van der Waals surface area contributed by atoms with Crippen molar-refractivity contribution in [1.29, 1.82) is 0 Å². The first-order valence-corrected chi connectivity index (χ1v) is 7.75. The van der Waals surface area contributed by atoms with E-state index < -0.39 is 17.6 Å². The summed E-state index contributed by atoms with van der Waals surface area (Å²) in [6.07, 6.45) is -1.94. The van der Waals surface area contributed by atoms with Gasteiger partial charge in [-0.2, -0.15) is 13.2 Å². The Balaban J connectivity index is 0.00000264. The average Bonchev–Trinajstić information content (AvgIpc) is 2.49. The molecule has 0 aliphatic carbocycles. The van der Waals surface area contributed by atoms with Crippen molar-refractivity contribution in [3.05, 3.63) is 35.1 Å². The van der Waals surface area contributed by atoms with Crippen molar-refractivity contribution in [3.8, 4) is 0 Å². The predicted octanol–water partition coefficient (Wildman–Crippen LogP) is 4.82. The highest BCUT2D eigenvalue weighted by atomic mass is 35.5. The number of benzene rings is 1. The van der Waals surface area contributed by atoms with Crippen LogP contribution >= 0.6 is 24.8 Å². The highest BCUT2D eigenvalue weighted by molar-refractivity contribution is 5.85. The number of unbranched alkanes of at least 4 members (excludes halogenated alkanes) is 1. The maximum absolute atomic E-state index is 13.5. The van der Waals surface area contributed by atoms with Crippen molar-refractivity contribution < 1.29 is 17.6 Å². The second-order valence-corrected chi connectivity index (χ2v) is 5.68. The SMILES string of the molecule is CCCC[C@H](c1ccc(F)c(C(F)(F)F)c1)N1CCNCC1.Cl.Cl. The summed E-state index contributed by atoms with van der Waals surface area (Å²) >= 11 is 0. The molecule has 1 saturated heterocycles. The number of piperazine rings is 1. The van der Waals surface area contributed by atoms with E-state index in [0.717, 1.165) is 57.6 Å². The molecule has 2 rings (SSSR count). The van der Waals surface area contributed by atoms with Crippen molar-refractivity contribution in [2.24, 2.45) is 0 Å². The highest BCUT2D eigenvalue weighted by Gasteiger charge is 2.35. The monoisotopic (exact) mass is 390 g/mol. The lowest BCUT2D eigenvalue weighted by Gasteiger charge is -2.35. The van der Waals surface area contributed by atoms with Gasteiger partial charge in [-0.15, -0.1) is 24.8 Å². The molecule has 1 aliphatic heterocycles. The minimum atomic E-state index is -4.65. The lowest BCUT2D eigenvalue weighted by molar-refractivity contribution is -0.140. The van der Waals surface area contributed by atoms with Gasteiger partial charge in [0.2, 0.25) is 0 Å². The van der Waals surface area contributed by atoms with Gasteiger partial charge in [-0.1, -0.05) is 25.8 Å². The van der Waals surface area contributed by atoms with Crippen LogP contribution in [-0.4, -0.2) is 31.1 Å². The molecule has 0 radical (unpaired) electrons. The van der Waals surface area contributed by atoms with E-state index in [-0.39, 0.29) is 30.9 Å². The molecule has 1 fully saturated rings. The summed E-state index contributed by atoms with van der Waals surface area (Å²) in [7, 11) is 0. The lowest BCUT2D eigenvalue weighted by atomic mass is 9.96.